The minimum atomic E-state index is -0.472. The molecule has 96 valence electrons. The van der Waals surface area contributed by atoms with E-state index in [0.717, 1.165) is 0 Å². The summed E-state index contributed by atoms with van der Waals surface area (Å²) in [5.74, 6) is 0.138. The molecule has 0 spiro atoms. The molecule has 0 radical (unpaired) electrons. The maximum Gasteiger partial charge on any atom is 0.259 e. The first-order chi connectivity index (χ1) is 8.63. The molecule has 0 aliphatic rings. The number of ether oxygens (including phenoxy) is 1. The van der Waals surface area contributed by atoms with Crippen molar-refractivity contribution in [1.29, 1.82) is 0 Å². The van der Waals surface area contributed by atoms with Crippen molar-refractivity contribution in [2.24, 2.45) is 5.73 Å². The maximum atomic E-state index is 13.4. The highest BCUT2D eigenvalue weighted by atomic mass is 79.9. The van der Waals surface area contributed by atoms with E-state index in [-0.39, 0.29) is 17.0 Å². The van der Waals surface area contributed by atoms with Crippen molar-refractivity contribution in [3.05, 3.63) is 34.3 Å². The lowest BCUT2D eigenvalue weighted by molar-refractivity contribution is 0.177. The van der Waals surface area contributed by atoms with Crippen LogP contribution in [0.2, 0.25) is 0 Å². The fraction of sp³-hybridized carbons (Fsp3) is 0.273. The summed E-state index contributed by atoms with van der Waals surface area (Å²) in [5, 5.41) is 3.75. The molecule has 1 aromatic heterocycles. The van der Waals surface area contributed by atoms with Gasteiger partial charge in [-0.05, 0) is 28.1 Å². The molecule has 0 aliphatic carbocycles. The summed E-state index contributed by atoms with van der Waals surface area (Å²) >= 11 is 3.14. The molecule has 0 fully saturated rings. The number of rotatable bonds is 4. The fourth-order valence-electron chi connectivity index (χ4n) is 1.42. The Labute approximate surface area is 111 Å². The summed E-state index contributed by atoms with van der Waals surface area (Å²) in [7, 11) is 1.53. The van der Waals surface area contributed by atoms with Crippen molar-refractivity contribution in [2.45, 2.75) is 6.04 Å². The smallest absolute Gasteiger partial charge is 0.259 e. The van der Waals surface area contributed by atoms with Crippen LogP contribution in [0, 0.1) is 5.82 Å². The number of methoxy groups -OCH3 is 1. The van der Waals surface area contributed by atoms with E-state index in [1.54, 1.807) is 12.1 Å². The van der Waals surface area contributed by atoms with Crippen molar-refractivity contribution in [3.8, 4) is 11.5 Å². The summed E-state index contributed by atoms with van der Waals surface area (Å²) in [6, 6.07) is 4.10. The van der Waals surface area contributed by atoms with Gasteiger partial charge in [-0.3, -0.25) is 0 Å². The van der Waals surface area contributed by atoms with Crippen LogP contribution in [0.3, 0.4) is 0 Å². The highest BCUT2D eigenvalue weighted by Gasteiger charge is 2.17. The number of benzene rings is 1. The van der Waals surface area contributed by atoms with Crippen LogP contribution >= 0.6 is 15.9 Å². The molecule has 2 N–H and O–H groups in total. The molecule has 0 amide bonds. The molecule has 0 saturated carbocycles. The SMILES string of the molecule is COCC(N)c1noc(-c2cccc(F)c2Br)n1. The molecule has 7 heteroatoms. The molecular formula is C11H11BrFN3O2. The lowest BCUT2D eigenvalue weighted by atomic mass is 10.2. The van der Waals surface area contributed by atoms with Crippen LogP contribution in [0.1, 0.15) is 11.9 Å². The van der Waals surface area contributed by atoms with Crippen molar-refractivity contribution in [1.82, 2.24) is 10.1 Å². The van der Waals surface area contributed by atoms with Crippen LogP contribution in [0.15, 0.2) is 27.2 Å². The molecule has 0 aliphatic heterocycles. The van der Waals surface area contributed by atoms with Gasteiger partial charge >= 0.3 is 0 Å². The first-order valence-corrected chi connectivity index (χ1v) is 5.95. The summed E-state index contributed by atoms with van der Waals surface area (Å²) in [4.78, 5) is 4.12. The van der Waals surface area contributed by atoms with Crippen LogP contribution in [0.5, 0.6) is 0 Å². The Balaban J connectivity index is 2.32. The molecule has 2 rings (SSSR count). The molecular weight excluding hydrogens is 305 g/mol. The molecule has 1 atom stereocenters. The van der Waals surface area contributed by atoms with Crippen molar-refractivity contribution in [3.63, 3.8) is 0 Å². The van der Waals surface area contributed by atoms with Crippen molar-refractivity contribution in [2.75, 3.05) is 13.7 Å². The second-order valence-corrected chi connectivity index (χ2v) is 4.41. The Kier molecular flexibility index (Phi) is 4.05. The maximum absolute atomic E-state index is 13.4. The average molecular weight is 316 g/mol. The van der Waals surface area contributed by atoms with E-state index in [1.807, 2.05) is 0 Å². The second kappa shape index (κ2) is 5.55. The van der Waals surface area contributed by atoms with E-state index in [0.29, 0.717) is 11.4 Å². The monoisotopic (exact) mass is 315 g/mol. The quantitative estimate of drug-likeness (QED) is 0.937. The van der Waals surface area contributed by atoms with Crippen LogP contribution in [-0.2, 0) is 4.74 Å². The van der Waals surface area contributed by atoms with Gasteiger partial charge in [0.15, 0.2) is 5.82 Å². The number of nitrogens with zero attached hydrogens (tertiary/aromatic N) is 2. The first kappa shape index (κ1) is 13.1. The molecule has 1 unspecified atom stereocenters. The number of halogens is 2. The van der Waals surface area contributed by atoms with Crippen LogP contribution in [0.25, 0.3) is 11.5 Å². The summed E-state index contributed by atoms with van der Waals surface area (Å²) in [5.41, 5.74) is 6.25. The Morgan fingerprint density at radius 2 is 2.33 bits per heavy atom. The molecule has 5 nitrogen and oxygen atoms in total. The molecule has 0 bridgehead atoms. The second-order valence-electron chi connectivity index (χ2n) is 3.62. The lowest BCUT2D eigenvalue weighted by Gasteiger charge is -2.03. The Hall–Kier alpha value is -1.31. The van der Waals surface area contributed by atoms with Gasteiger partial charge in [-0.1, -0.05) is 11.2 Å². The molecule has 1 heterocycles. The molecule has 1 aromatic carbocycles. The van der Waals surface area contributed by atoms with Gasteiger partial charge in [-0.25, -0.2) is 4.39 Å². The highest BCUT2D eigenvalue weighted by Crippen LogP contribution is 2.29. The number of nitrogens with two attached hydrogens (primary N) is 1. The van der Waals surface area contributed by atoms with Gasteiger partial charge in [0.25, 0.3) is 5.89 Å². The van der Waals surface area contributed by atoms with E-state index in [4.69, 9.17) is 15.0 Å². The minimum Gasteiger partial charge on any atom is -0.383 e. The first-order valence-electron chi connectivity index (χ1n) is 5.16. The zero-order valence-corrected chi connectivity index (χ0v) is 11.1. The summed E-state index contributed by atoms with van der Waals surface area (Å²) in [6.45, 7) is 0.281. The standard InChI is InChI=1S/C11H11BrFN3O2/c1-17-5-8(14)10-15-11(18-16-10)6-3-2-4-7(13)9(6)12/h2-4,8H,5,14H2,1H3. The Bertz CT molecular complexity index is 547. The molecule has 2 aromatic rings. The third-order valence-electron chi connectivity index (χ3n) is 2.30. The van der Waals surface area contributed by atoms with Gasteiger partial charge in [0.1, 0.15) is 5.82 Å². The van der Waals surface area contributed by atoms with Crippen molar-refractivity contribution >= 4 is 15.9 Å². The number of aromatic nitrogens is 2. The van der Waals surface area contributed by atoms with Crippen LogP contribution < -0.4 is 5.73 Å². The molecule has 0 saturated heterocycles. The van der Waals surface area contributed by atoms with Gasteiger partial charge in [0, 0.05) is 7.11 Å². The van der Waals surface area contributed by atoms with Gasteiger partial charge in [-0.15, -0.1) is 0 Å². The van der Waals surface area contributed by atoms with Gasteiger partial charge in [0.2, 0.25) is 0 Å². The molecule has 18 heavy (non-hydrogen) atoms. The fourth-order valence-corrected chi connectivity index (χ4v) is 1.85. The van der Waals surface area contributed by atoms with Crippen LogP contribution in [0.4, 0.5) is 4.39 Å². The number of hydrogen-bond donors (Lipinski definition) is 1. The normalized spacial score (nSPS) is 12.7. The van der Waals surface area contributed by atoms with Gasteiger partial charge in [0.05, 0.1) is 22.7 Å². The van der Waals surface area contributed by atoms with Crippen LogP contribution in [-0.4, -0.2) is 23.9 Å². The highest BCUT2D eigenvalue weighted by molar-refractivity contribution is 9.10. The lowest BCUT2D eigenvalue weighted by Crippen LogP contribution is -2.17. The number of hydrogen-bond acceptors (Lipinski definition) is 5. The predicted molar refractivity (Wildman–Crippen MR) is 66.2 cm³/mol. The third-order valence-corrected chi connectivity index (χ3v) is 3.11. The van der Waals surface area contributed by atoms with Gasteiger partial charge < -0.3 is 15.0 Å². The van der Waals surface area contributed by atoms with E-state index >= 15 is 0 Å². The summed E-state index contributed by atoms with van der Waals surface area (Å²) < 4.78 is 23.6. The zero-order chi connectivity index (χ0) is 13.1. The third kappa shape index (κ3) is 2.58. The topological polar surface area (TPSA) is 74.2 Å². The average Bonchev–Trinajstić information content (AvgIpc) is 2.82. The van der Waals surface area contributed by atoms with Gasteiger partial charge in [-0.2, -0.15) is 4.98 Å². The minimum absolute atomic E-state index is 0.211. The van der Waals surface area contributed by atoms with E-state index < -0.39 is 11.9 Å². The Morgan fingerprint density at radius 3 is 3.06 bits per heavy atom. The summed E-state index contributed by atoms with van der Waals surface area (Å²) in [6.07, 6.45) is 0. The van der Waals surface area contributed by atoms with E-state index in [1.165, 1.54) is 13.2 Å². The Morgan fingerprint density at radius 1 is 1.56 bits per heavy atom. The zero-order valence-electron chi connectivity index (χ0n) is 9.56. The predicted octanol–water partition coefficient (Wildman–Crippen LogP) is 2.28. The van der Waals surface area contributed by atoms with Crippen molar-refractivity contribution < 1.29 is 13.7 Å². The largest absolute Gasteiger partial charge is 0.383 e. The van der Waals surface area contributed by atoms with E-state index in [2.05, 4.69) is 26.1 Å². The van der Waals surface area contributed by atoms with E-state index in [9.17, 15) is 4.39 Å².